The van der Waals surface area contributed by atoms with Crippen LogP contribution in [-0.2, 0) is 14.3 Å². The van der Waals surface area contributed by atoms with Crippen molar-refractivity contribution in [2.75, 3.05) is 66.6 Å². The van der Waals surface area contributed by atoms with Crippen LogP contribution in [0.3, 0.4) is 0 Å². The highest BCUT2D eigenvalue weighted by molar-refractivity contribution is 5.79. The van der Waals surface area contributed by atoms with Gasteiger partial charge < -0.3 is 19.9 Å². The van der Waals surface area contributed by atoms with Gasteiger partial charge in [0.2, 0.25) is 11.8 Å². The Morgan fingerprint density at radius 2 is 1.80 bits per heavy atom. The number of likely N-dealkylation sites (N-methyl/N-ethyl adjacent to an activating group) is 1. The van der Waals surface area contributed by atoms with Crippen molar-refractivity contribution in [2.45, 2.75) is 38.1 Å². The minimum absolute atomic E-state index is 0.126. The SMILES string of the molecule is COCCNCC(=O)N1CCN(CC(=O)N(C)C2CCCCC2)CC1. The lowest BCUT2D eigenvalue weighted by molar-refractivity contribution is -0.135. The fourth-order valence-corrected chi connectivity index (χ4v) is 3.61. The van der Waals surface area contributed by atoms with Gasteiger partial charge in [-0.25, -0.2) is 0 Å². The van der Waals surface area contributed by atoms with Crippen molar-refractivity contribution in [3.8, 4) is 0 Å². The third kappa shape index (κ3) is 6.56. The zero-order valence-electron chi connectivity index (χ0n) is 15.8. The molecule has 0 aromatic heterocycles. The molecular weight excluding hydrogens is 320 g/mol. The molecule has 1 heterocycles. The van der Waals surface area contributed by atoms with E-state index in [4.69, 9.17) is 4.74 Å². The molecule has 2 rings (SSSR count). The second kappa shape index (κ2) is 10.7. The lowest BCUT2D eigenvalue weighted by Crippen LogP contribution is -2.53. The van der Waals surface area contributed by atoms with Crippen molar-refractivity contribution in [3.63, 3.8) is 0 Å². The summed E-state index contributed by atoms with van der Waals surface area (Å²) in [4.78, 5) is 30.7. The van der Waals surface area contributed by atoms with Crippen molar-refractivity contribution in [3.05, 3.63) is 0 Å². The summed E-state index contributed by atoms with van der Waals surface area (Å²) in [5.74, 6) is 0.342. The Kier molecular flexibility index (Phi) is 8.64. The number of nitrogens with one attached hydrogen (secondary N) is 1. The summed E-state index contributed by atoms with van der Waals surface area (Å²) in [5.41, 5.74) is 0. The number of methoxy groups -OCH3 is 1. The van der Waals surface area contributed by atoms with Crippen LogP contribution >= 0.6 is 0 Å². The van der Waals surface area contributed by atoms with Gasteiger partial charge in [-0.1, -0.05) is 19.3 Å². The first-order valence-electron chi connectivity index (χ1n) is 9.57. The summed E-state index contributed by atoms with van der Waals surface area (Å²) < 4.78 is 4.95. The third-order valence-electron chi connectivity index (χ3n) is 5.36. The molecule has 2 aliphatic rings. The number of ether oxygens (including phenoxy) is 1. The molecule has 2 amide bonds. The first-order valence-corrected chi connectivity index (χ1v) is 9.57. The van der Waals surface area contributed by atoms with Gasteiger partial charge in [0, 0.05) is 52.9 Å². The van der Waals surface area contributed by atoms with E-state index in [1.165, 1.54) is 19.3 Å². The van der Waals surface area contributed by atoms with E-state index in [-0.39, 0.29) is 11.8 Å². The monoisotopic (exact) mass is 354 g/mol. The number of carbonyl (C=O) groups excluding carboxylic acids is 2. The van der Waals surface area contributed by atoms with Gasteiger partial charge in [-0.15, -0.1) is 0 Å². The van der Waals surface area contributed by atoms with Crippen molar-refractivity contribution >= 4 is 11.8 Å². The van der Waals surface area contributed by atoms with Gasteiger partial charge >= 0.3 is 0 Å². The average molecular weight is 354 g/mol. The van der Waals surface area contributed by atoms with Gasteiger partial charge in [-0.2, -0.15) is 0 Å². The minimum Gasteiger partial charge on any atom is -0.383 e. The lowest BCUT2D eigenvalue weighted by Gasteiger charge is -2.37. The Hall–Kier alpha value is -1.18. The highest BCUT2D eigenvalue weighted by Crippen LogP contribution is 2.21. The first-order chi connectivity index (χ1) is 12.1. The number of rotatable bonds is 8. The number of hydrogen-bond acceptors (Lipinski definition) is 5. The van der Waals surface area contributed by atoms with Crippen LogP contribution in [0.5, 0.6) is 0 Å². The van der Waals surface area contributed by atoms with E-state index in [0.717, 1.165) is 25.9 Å². The molecule has 0 unspecified atom stereocenters. The minimum atomic E-state index is 0.126. The molecular formula is C18H34N4O3. The van der Waals surface area contributed by atoms with Crippen LogP contribution in [0, 0.1) is 0 Å². The molecule has 0 aromatic rings. The van der Waals surface area contributed by atoms with E-state index in [2.05, 4.69) is 10.2 Å². The maximum absolute atomic E-state index is 12.5. The number of amides is 2. The molecule has 0 bridgehead atoms. The molecule has 1 N–H and O–H groups in total. The topological polar surface area (TPSA) is 65.1 Å². The average Bonchev–Trinajstić information content (AvgIpc) is 2.65. The maximum atomic E-state index is 12.5. The third-order valence-corrected chi connectivity index (χ3v) is 5.36. The lowest BCUT2D eigenvalue weighted by atomic mass is 9.94. The molecule has 1 saturated heterocycles. The van der Waals surface area contributed by atoms with Crippen LogP contribution in [0.1, 0.15) is 32.1 Å². The Balaban J connectivity index is 1.65. The first kappa shape index (κ1) is 20.1. The summed E-state index contributed by atoms with van der Waals surface area (Å²) in [7, 11) is 3.60. The van der Waals surface area contributed by atoms with Crippen molar-refractivity contribution in [1.29, 1.82) is 0 Å². The van der Waals surface area contributed by atoms with Crippen molar-refractivity contribution in [2.24, 2.45) is 0 Å². The quantitative estimate of drug-likeness (QED) is 0.629. The predicted molar refractivity (Wildman–Crippen MR) is 97.4 cm³/mol. The predicted octanol–water partition coefficient (Wildman–Crippen LogP) is 0.158. The van der Waals surface area contributed by atoms with Gasteiger partial charge in [-0.05, 0) is 12.8 Å². The fraction of sp³-hybridized carbons (Fsp3) is 0.889. The van der Waals surface area contributed by atoms with Crippen molar-refractivity contribution < 1.29 is 14.3 Å². The van der Waals surface area contributed by atoms with Gasteiger partial charge in [0.1, 0.15) is 0 Å². The van der Waals surface area contributed by atoms with Crippen molar-refractivity contribution in [1.82, 2.24) is 20.0 Å². The molecule has 1 aliphatic heterocycles. The molecule has 1 aliphatic carbocycles. The van der Waals surface area contributed by atoms with Crippen LogP contribution in [0.4, 0.5) is 0 Å². The molecule has 0 aromatic carbocycles. The van der Waals surface area contributed by atoms with E-state index >= 15 is 0 Å². The Labute approximate surface area is 151 Å². The zero-order valence-corrected chi connectivity index (χ0v) is 15.8. The smallest absolute Gasteiger partial charge is 0.236 e. The van der Waals surface area contributed by atoms with E-state index < -0.39 is 0 Å². The molecule has 0 spiro atoms. The van der Waals surface area contributed by atoms with Gasteiger partial charge in [0.25, 0.3) is 0 Å². The highest BCUT2D eigenvalue weighted by Gasteiger charge is 2.26. The molecule has 0 radical (unpaired) electrons. The van der Waals surface area contributed by atoms with Gasteiger partial charge in [-0.3, -0.25) is 14.5 Å². The van der Waals surface area contributed by atoms with Crippen LogP contribution < -0.4 is 5.32 Å². The molecule has 25 heavy (non-hydrogen) atoms. The normalized spacial score (nSPS) is 19.8. The summed E-state index contributed by atoms with van der Waals surface area (Å²) in [6.45, 7) is 5.06. The number of carbonyl (C=O) groups is 2. The number of piperazine rings is 1. The van der Waals surface area contributed by atoms with E-state index in [0.29, 0.717) is 45.4 Å². The van der Waals surface area contributed by atoms with Crippen LogP contribution in [-0.4, -0.2) is 99.1 Å². The van der Waals surface area contributed by atoms with E-state index in [1.54, 1.807) is 7.11 Å². The maximum Gasteiger partial charge on any atom is 0.236 e. The molecule has 7 heteroatoms. The standard InChI is InChI=1S/C18H34N4O3/c1-20(16-6-4-3-5-7-16)18(24)15-21-9-11-22(12-10-21)17(23)14-19-8-13-25-2/h16,19H,3-15H2,1-2H3. The highest BCUT2D eigenvalue weighted by atomic mass is 16.5. The molecule has 1 saturated carbocycles. The second-order valence-corrected chi connectivity index (χ2v) is 7.12. The van der Waals surface area contributed by atoms with E-state index in [9.17, 15) is 9.59 Å². The van der Waals surface area contributed by atoms with Gasteiger partial charge in [0.05, 0.1) is 19.7 Å². The molecule has 7 nitrogen and oxygen atoms in total. The fourth-order valence-electron chi connectivity index (χ4n) is 3.61. The number of hydrogen-bond donors (Lipinski definition) is 1. The zero-order chi connectivity index (χ0) is 18.1. The summed E-state index contributed by atoms with van der Waals surface area (Å²) in [5, 5.41) is 3.09. The Bertz CT molecular complexity index is 419. The summed E-state index contributed by atoms with van der Waals surface area (Å²) >= 11 is 0. The number of nitrogens with zero attached hydrogens (tertiary/aromatic N) is 3. The largest absolute Gasteiger partial charge is 0.383 e. The second-order valence-electron chi connectivity index (χ2n) is 7.12. The Morgan fingerprint density at radius 3 is 2.44 bits per heavy atom. The molecule has 0 atom stereocenters. The van der Waals surface area contributed by atoms with E-state index in [1.807, 2.05) is 16.8 Å². The molecule has 2 fully saturated rings. The summed E-state index contributed by atoms with van der Waals surface area (Å²) in [6.07, 6.45) is 6.05. The molecule has 144 valence electrons. The summed E-state index contributed by atoms with van der Waals surface area (Å²) in [6, 6.07) is 0.419. The van der Waals surface area contributed by atoms with Crippen LogP contribution in [0.25, 0.3) is 0 Å². The van der Waals surface area contributed by atoms with Crippen LogP contribution in [0.2, 0.25) is 0 Å². The van der Waals surface area contributed by atoms with Gasteiger partial charge in [0.15, 0.2) is 0 Å². The van der Waals surface area contributed by atoms with Crippen LogP contribution in [0.15, 0.2) is 0 Å². The Morgan fingerprint density at radius 1 is 1.12 bits per heavy atom.